The maximum atomic E-state index is 12.6. The summed E-state index contributed by atoms with van der Waals surface area (Å²) in [6.07, 6.45) is 82.1. The first-order valence-corrected chi connectivity index (χ1v) is 33.9. The smallest absolute Gasteiger partial charge is 0.462 e. The average Bonchev–Trinajstić information content (AvgIpc) is 3.42. The van der Waals surface area contributed by atoms with Crippen molar-refractivity contribution in [3.05, 3.63) is 72.9 Å². The Morgan fingerprint density at radius 1 is 0.416 bits per heavy atom. The summed E-state index contributed by atoms with van der Waals surface area (Å²) < 4.78 is 32.8. The molecule has 0 rings (SSSR count). The molecule has 0 aromatic carbocycles. The van der Waals surface area contributed by atoms with Crippen molar-refractivity contribution in [3.63, 3.8) is 0 Å². The molecule has 0 aromatic rings. The van der Waals surface area contributed by atoms with Crippen molar-refractivity contribution in [1.82, 2.24) is 0 Å². The van der Waals surface area contributed by atoms with Gasteiger partial charge in [-0.25, -0.2) is 4.57 Å². The molecule has 2 unspecified atom stereocenters. The van der Waals surface area contributed by atoms with Crippen LogP contribution in [-0.4, -0.2) is 49.3 Å². The molecule has 9 nitrogen and oxygen atoms in total. The van der Waals surface area contributed by atoms with E-state index in [4.69, 9.17) is 24.3 Å². The highest BCUT2D eigenvalue weighted by atomic mass is 31.2. The first kappa shape index (κ1) is 74.5. The van der Waals surface area contributed by atoms with Crippen LogP contribution in [0.3, 0.4) is 0 Å². The van der Waals surface area contributed by atoms with Crippen LogP contribution in [0.15, 0.2) is 72.9 Å². The number of allylic oxidation sites excluding steroid dienone is 11. The average molecular weight is 1100 g/mol. The third-order valence-corrected chi connectivity index (χ3v) is 15.1. The number of phosphoric acid groups is 1. The lowest BCUT2D eigenvalue weighted by molar-refractivity contribution is -0.160. The van der Waals surface area contributed by atoms with Crippen molar-refractivity contribution in [2.75, 3.05) is 26.4 Å². The second-order valence-corrected chi connectivity index (χ2v) is 23.1. The number of hydrogen-bond donors (Lipinski definition) is 2. The van der Waals surface area contributed by atoms with Crippen molar-refractivity contribution in [3.8, 4) is 0 Å². The van der Waals surface area contributed by atoms with Crippen LogP contribution in [0.25, 0.3) is 0 Å². The molecule has 0 bridgehead atoms. The van der Waals surface area contributed by atoms with Gasteiger partial charge in [0.1, 0.15) is 6.61 Å². The summed E-state index contributed by atoms with van der Waals surface area (Å²) in [5, 5.41) is 0. The number of carbonyl (C=O) groups is 2. The van der Waals surface area contributed by atoms with Crippen molar-refractivity contribution in [2.45, 2.75) is 315 Å². The summed E-state index contributed by atoms with van der Waals surface area (Å²) in [5.41, 5.74) is 5.37. The number of esters is 2. The number of nitrogens with two attached hydrogens (primary N) is 1. The fourth-order valence-corrected chi connectivity index (χ4v) is 10.1. The molecule has 0 aromatic heterocycles. The van der Waals surface area contributed by atoms with Crippen LogP contribution in [0.1, 0.15) is 309 Å². The van der Waals surface area contributed by atoms with Crippen LogP contribution >= 0.6 is 7.82 Å². The minimum absolute atomic E-state index is 0.00240. The Hall–Kier alpha value is -2.55. The van der Waals surface area contributed by atoms with E-state index in [0.29, 0.717) is 6.42 Å². The zero-order valence-corrected chi connectivity index (χ0v) is 51.1. The number of rotatable bonds is 61. The van der Waals surface area contributed by atoms with Crippen LogP contribution in [0.4, 0.5) is 0 Å². The fraction of sp³-hybridized carbons (Fsp3) is 0.791. The van der Waals surface area contributed by atoms with E-state index < -0.39 is 32.5 Å². The van der Waals surface area contributed by atoms with Crippen LogP contribution in [0.5, 0.6) is 0 Å². The Labute approximate surface area is 475 Å². The van der Waals surface area contributed by atoms with Crippen LogP contribution in [0.2, 0.25) is 0 Å². The summed E-state index contributed by atoms with van der Waals surface area (Å²) >= 11 is 0. The molecular formula is C67H122NO8P. The number of hydrogen-bond acceptors (Lipinski definition) is 8. The molecular weight excluding hydrogens is 978 g/mol. The summed E-state index contributed by atoms with van der Waals surface area (Å²) in [6, 6.07) is 0. The summed E-state index contributed by atoms with van der Waals surface area (Å²) in [6.45, 7) is 3.54. The van der Waals surface area contributed by atoms with Gasteiger partial charge < -0.3 is 20.1 Å². The molecule has 0 aliphatic carbocycles. The molecule has 10 heteroatoms. The van der Waals surface area contributed by atoms with E-state index in [9.17, 15) is 19.0 Å². The number of phosphoric ester groups is 1. The molecule has 0 aliphatic heterocycles. The van der Waals surface area contributed by atoms with Gasteiger partial charge in [-0.05, 0) is 64.2 Å². The van der Waals surface area contributed by atoms with E-state index in [0.717, 1.165) is 44.9 Å². The van der Waals surface area contributed by atoms with Gasteiger partial charge in [-0.15, -0.1) is 0 Å². The molecule has 0 saturated heterocycles. The van der Waals surface area contributed by atoms with Crippen molar-refractivity contribution < 1.29 is 37.6 Å². The monoisotopic (exact) mass is 1100 g/mol. The SMILES string of the molecule is CC/C=C\C/C=C\C/C=C\C/C=C\C/C=C\CC(=O)OC(COC(=O)CCCCCCCCCCCCCCCCCCCCCCCCCCCCCCC/C=C\CCCCCCCCCC)COP(=O)(O)OCCN. The summed E-state index contributed by atoms with van der Waals surface area (Å²) in [4.78, 5) is 35.0. The van der Waals surface area contributed by atoms with Crippen molar-refractivity contribution in [1.29, 1.82) is 0 Å². The lowest BCUT2D eigenvalue weighted by atomic mass is 10.0. The predicted octanol–water partition coefficient (Wildman–Crippen LogP) is 20.9. The lowest BCUT2D eigenvalue weighted by Crippen LogP contribution is -2.29. The maximum Gasteiger partial charge on any atom is 0.472 e. The highest BCUT2D eigenvalue weighted by Gasteiger charge is 2.26. The Balaban J connectivity index is 3.75. The number of carbonyl (C=O) groups excluding carboxylic acids is 2. The van der Waals surface area contributed by atoms with Gasteiger partial charge in [-0.3, -0.25) is 18.6 Å². The quantitative estimate of drug-likeness (QED) is 0.0264. The van der Waals surface area contributed by atoms with Crippen molar-refractivity contribution >= 4 is 19.8 Å². The van der Waals surface area contributed by atoms with Crippen molar-refractivity contribution in [2.24, 2.45) is 5.73 Å². The van der Waals surface area contributed by atoms with E-state index in [1.54, 1.807) is 6.08 Å². The van der Waals surface area contributed by atoms with Gasteiger partial charge in [0, 0.05) is 13.0 Å². The lowest BCUT2D eigenvalue weighted by Gasteiger charge is -2.19. The van der Waals surface area contributed by atoms with Crippen LogP contribution in [-0.2, 0) is 32.7 Å². The molecule has 0 radical (unpaired) electrons. The van der Waals surface area contributed by atoms with E-state index in [1.807, 2.05) is 12.2 Å². The minimum Gasteiger partial charge on any atom is -0.462 e. The molecule has 0 aliphatic rings. The molecule has 3 N–H and O–H groups in total. The van der Waals surface area contributed by atoms with Gasteiger partial charge in [0.05, 0.1) is 19.6 Å². The molecule has 77 heavy (non-hydrogen) atoms. The highest BCUT2D eigenvalue weighted by molar-refractivity contribution is 7.47. The van der Waals surface area contributed by atoms with Crippen LogP contribution in [0, 0.1) is 0 Å². The van der Waals surface area contributed by atoms with Gasteiger partial charge in [0.25, 0.3) is 0 Å². The maximum absolute atomic E-state index is 12.6. The van der Waals surface area contributed by atoms with Gasteiger partial charge in [-0.2, -0.15) is 0 Å². The Kier molecular flexibility index (Phi) is 60.6. The first-order valence-electron chi connectivity index (χ1n) is 32.4. The third-order valence-electron chi connectivity index (χ3n) is 14.1. The Morgan fingerprint density at radius 3 is 1.12 bits per heavy atom. The van der Waals surface area contributed by atoms with E-state index in [1.165, 1.54) is 231 Å². The number of ether oxygens (including phenoxy) is 2. The van der Waals surface area contributed by atoms with Gasteiger partial charge in [0.2, 0.25) is 0 Å². The second kappa shape index (κ2) is 62.6. The zero-order valence-electron chi connectivity index (χ0n) is 50.2. The summed E-state index contributed by atoms with van der Waals surface area (Å²) in [7, 11) is -4.41. The molecule has 448 valence electrons. The second-order valence-electron chi connectivity index (χ2n) is 21.6. The van der Waals surface area contributed by atoms with E-state index >= 15 is 0 Å². The predicted molar refractivity (Wildman–Crippen MR) is 330 cm³/mol. The first-order chi connectivity index (χ1) is 37.8. The van der Waals surface area contributed by atoms with Crippen LogP contribution < -0.4 is 5.73 Å². The highest BCUT2D eigenvalue weighted by Crippen LogP contribution is 2.43. The van der Waals surface area contributed by atoms with E-state index in [2.05, 4.69) is 68.5 Å². The molecule has 2 atom stereocenters. The molecule has 0 saturated carbocycles. The summed E-state index contributed by atoms with van der Waals surface area (Å²) in [5.74, 6) is -0.968. The molecule has 0 amide bonds. The minimum atomic E-state index is -4.41. The Morgan fingerprint density at radius 2 is 0.753 bits per heavy atom. The fourth-order valence-electron chi connectivity index (χ4n) is 9.36. The number of unbranched alkanes of at least 4 members (excludes halogenated alkanes) is 37. The van der Waals surface area contributed by atoms with Gasteiger partial charge in [-0.1, -0.05) is 305 Å². The van der Waals surface area contributed by atoms with Gasteiger partial charge >= 0.3 is 19.8 Å². The topological polar surface area (TPSA) is 134 Å². The Bertz CT molecular complexity index is 1490. The molecule has 0 spiro atoms. The normalized spacial score (nSPS) is 13.5. The zero-order chi connectivity index (χ0) is 55.9. The third kappa shape index (κ3) is 62.5. The molecule has 0 fully saturated rings. The van der Waals surface area contributed by atoms with E-state index in [-0.39, 0.29) is 32.6 Å². The van der Waals surface area contributed by atoms with Gasteiger partial charge in [0.15, 0.2) is 6.10 Å². The molecule has 0 heterocycles. The largest absolute Gasteiger partial charge is 0.472 e. The standard InChI is InChI=1S/C67H122NO8P/c1-3-5-7-9-11-13-15-17-19-20-21-22-23-24-25-26-27-28-29-30-31-32-33-34-35-36-37-38-39-40-41-42-43-44-46-47-49-51-53-55-57-59-66(69)73-63-65(64-75-77(71,72)74-62-61-68)76-67(70)60-58-56-54-52-50-48-45-18-16-14-12-10-8-6-4-2/h6,8,12,14,18,20-21,45,50,52,56,58,65H,3-5,7,9-11,13,15-17,19,22-44,46-49,51,53-55,57,59-64,68H2,1-2H3,(H,71,72)/b8-6-,14-12-,21-20-,45-18-,52-50-,58-56-.